The smallest absolute Gasteiger partial charge is 0.430 e. The average molecular weight is 331 g/mol. The van der Waals surface area contributed by atoms with Crippen LogP contribution in [0.4, 0.5) is 18.9 Å². The number of carboxylic acids is 1. The first-order chi connectivity index (χ1) is 10.7. The molecule has 0 spiro atoms. The molecule has 23 heavy (non-hydrogen) atoms. The SMILES string of the molecule is CCC(C)OC(=O)C(C(=O)O)C(=Nc1ccccc1)C(F)(F)F. The van der Waals surface area contributed by atoms with E-state index in [-0.39, 0.29) is 5.69 Å². The topological polar surface area (TPSA) is 76.0 Å². The molecule has 0 aromatic heterocycles. The second kappa shape index (κ2) is 7.75. The number of hydrogen-bond donors (Lipinski definition) is 1. The average Bonchev–Trinajstić information content (AvgIpc) is 2.46. The van der Waals surface area contributed by atoms with Crippen molar-refractivity contribution in [3.05, 3.63) is 30.3 Å². The van der Waals surface area contributed by atoms with Gasteiger partial charge in [0.05, 0.1) is 11.8 Å². The third-order valence-corrected chi connectivity index (χ3v) is 2.94. The van der Waals surface area contributed by atoms with Gasteiger partial charge in [-0.05, 0) is 25.5 Å². The van der Waals surface area contributed by atoms with E-state index in [0.29, 0.717) is 6.42 Å². The van der Waals surface area contributed by atoms with Crippen LogP contribution < -0.4 is 0 Å². The molecule has 1 aromatic carbocycles. The van der Waals surface area contributed by atoms with Crippen LogP contribution in [-0.4, -0.2) is 35.0 Å². The third-order valence-electron chi connectivity index (χ3n) is 2.94. The van der Waals surface area contributed by atoms with Gasteiger partial charge in [0.1, 0.15) is 5.71 Å². The van der Waals surface area contributed by atoms with Gasteiger partial charge in [0.2, 0.25) is 5.92 Å². The zero-order valence-corrected chi connectivity index (χ0v) is 12.5. The number of carbonyl (C=O) groups excluding carboxylic acids is 1. The fraction of sp³-hybridized carbons (Fsp3) is 0.400. The third kappa shape index (κ3) is 5.39. The van der Waals surface area contributed by atoms with Crippen molar-refractivity contribution in [1.29, 1.82) is 0 Å². The normalized spacial score (nSPS) is 14.9. The zero-order chi connectivity index (χ0) is 17.6. The lowest BCUT2D eigenvalue weighted by atomic mass is 10.0. The fourth-order valence-corrected chi connectivity index (χ4v) is 1.61. The number of nitrogens with zero attached hydrogens (tertiary/aromatic N) is 1. The summed E-state index contributed by atoms with van der Waals surface area (Å²) >= 11 is 0. The Balaban J connectivity index is 3.28. The van der Waals surface area contributed by atoms with Crippen LogP contribution in [0.2, 0.25) is 0 Å². The summed E-state index contributed by atoms with van der Waals surface area (Å²) in [5, 5.41) is 9.06. The number of esters is 1. The van der Waals surface area contributed by atoms with E-state index in [2.05, 4.69) is 4.99 Å². The molecule has 0 heterocycles. The van der Waals surface area contributed by atoms with Gasteiger partial charge in [-0.3, -0.25) is 9.59 Å². The number of carboxylic acid groups (broad SMARTS) is 1. The number of halogens is 3. The summed E-state index contributed by atoms with van der Waals surface area (Å²) < 4.78 is 44.3. The molecule has 2 unspecified atom stereocenters. The van der Waals surface area contributed by atoms with Crippen LogP contribution in [0.3, 0.4) is 0 Å². The molecule has 2 atom stereocenters. The van der Waals surface area contributed by atoms with E-state index in [9.17, 15) is 22.8 Å². The first-order valence-electron chi connectivity index (χ1n) is 6.81. The Morgan fingerprint density at radius 3 is 2.26 bits per heavy atom. The minimum Gasteiger partial charge on any atom is -0.480 e. The van der Waals surface area contributed by atoms with E-state index in [1.807, 2.05) is 0 Å². The van der Waals surface area contributed by atoms with Crippen molar-refractivity contribution >= 4 is 23.3 Å². The molecule has 0 amide bonds. The zero-order valence-electron chi connectivity index (χ0n) is 12.5. The predicted molar refractivity (Wildman–Crippen MR) is 76.6 cm³/mol. The molecule has 5 nitrogen and oxygen atoms in total. The molecule has 0 bridgehead atoms. The van der Waals surface area contributed by atoms with Gasteiger partial charge in [-0.25, -0.2) is 4.99 Å². The number of hydrogen-bond acceptors (Lipinski definition) is 4. The van der Waals surface area contributed by atoms with E-state index in [0.717, 1.165) is 0 Å². The van der Waals surface area contributed by atoms with Crippen molar-refractivity contribution in [3.63, 3.8) is 0 Å². The Morgan fingerprint density at radius 2 is 1.83 bits per heavy atom. The van der Waals surface area contributed by atoms with Gasteiger partial charge in [0, 0.05) is 0 Å². The van der Waals surface area contributed by atoms with Gasteiger partial charge in [-0.15, -0.1) is 0 Å². The Labute approximate surface area is 130 Å². The Kier molecular flexibility index (Phi) is 6.29. The molecular weight excluding hydrogens is 315 g/mol. The monoisotopic (exact) mass is 331 g/mol. The highest BCUT2D eigenvalue weighted by atomic mass is 19.4. The summed E-state index contributed by atoms with van der Waals surface area (Å²) in [6.07, 6.45) is -5.45. The lowest BCUT2D eigenvalue weighted by Crippen LogP contribution is -2.42. The van der Waals surface area contributed by atoms with Gasteiger partial charge >= 0.3 is 18.1 Å². The second-order valence-corrected chi connectivity index (χ2v) is 4.76. The predicted octanol–water partition coefficient (Wildman–Crippen LogP) is 3.36. The molecule has 0 aliphatic carbocycles. The van der Waals surface area contributed by atoms with Crippen molar-refractivity contribution in [3.8, 4) is 0 Å². The van der Waals surface area contributed by atoms with Crippen LogP contribution in [0.15, 0.2) is 35.3 Å². The minimum absolute atomic E-state index is 0.109. The molecule has 1 N–H and O–H groups in total. The number of ether oxygens (including phenoxy) is 1. The van der Waals surface area contributed by atoms with Crippen LogP contribution >= 0.6 is 0 Å². The van der Waals surface area contributed by atoms with Crippen molar-refractivity contribution in [2.75, 3.05) is 0 Å². The highest BCUT2D eigenvalue weighted by Gasteiger charge is 2.48. The minimum atomic E-state index is -5.09. The second-order valence-electron chi connectivity index (χ2n) is 4.76. The maximum Gasteiger partial charge on any atom is 0.430 e. The van der Waals surface area contributed by atoms with Crippen LogP contribution in [0, 0.1) is 5.92 Å². The van der Waals surface area contributed by atoms with Crippen LogP contribution in [-0.2, 0) is 14.3 Å². The maximum absolute atomic E-state index is 13.2. The number of aliphatic imine (C=N–C) groups is 1. The summed E-state index contributed by atoms with van der Waals surface area (Å²) in [6.45, 7) is 3.11. The highest BCUT2D eigenvalue weighted by molar-refractivity contribution is 6.19. The number of carbonyl (C=O) groups is 2. The molecule has 0 aliphatic rings. The molecule has 8 heteroatoms. The molecule has 1 aromatic rings. The first kappa shape index (κ1) is 18.7. The Hall–Kier alpha value is -2.38. The van der Waals surface area contributed by atoms with E-state index in [1.54, 1.807) is 13.0 Å². The summed E-state index contributed by atoms with van der Waals surface area (Å²) in [5.74, 6) is -5.99. The first-order valence-corrected chi connectivity index (χ1v) is 6.81. The number of rotatable bonds is 6. The number of aliphatic carboxylic acids is 1. The molecule has 1 rings (SSSR count). The molecule has 0 radical (unpaired) electrons. The quantitative estimate of drug-likeness (QED) is 0.493. The van der Waals surface area contributed by atoms with E-state index < -0.39 is 35.8 Å². The van der Waals surface area contributed by atoms with Gasteiger partial charge in [-0.2, -0.15) is 13.2 Å². The summed E-state index contributed by atoms with van der Waals surface area (Å²) in [5.41, 5.74) is -1.83. The van der Waals surface area contributed by atoms with Gasteiger partial charge in [0.25, 0.3) is 0 Å². The maximum atomic E-state index is 13.2. The Morgan fingerprint density at radius 1 is 1.26 bits per heavy atom. The van der Waals surface area contributed by atoms with Gasteiger partial charge in [0.15, 0.2) is 0 Å². The highest BCUT2D eigenvalue weighted by Crippen LogP contribution is 2.27. The van der Waals surface area contributed by atoms with Crippen LogP contribution in [0.25, 0.3) is 0 Å². The molecule has 0 fully saturated rings. The van der Waals surface area contributed by atoms with E-state index in [1.165, 1.54) is 31.2 Å². The molecule has 0 aliphatic heterocycles. The van der Waals surface area contributed by atoms with E-state index >= 15 is 0 Å². The summed E-state index contributed by atoms with van der Waals surface area (Å²) in [6, 6.07) is 6.99. The number of para-hydroxylation sites is 1. The lowest BCUT2D eigenvalue weighted by molar-refractivity contribution is -0.160. The van der Waals surface area contributed by atoms with Crippen LogP contribution in [0.1, 0.15) is 20.3 Å². The lowest BCUT2D eigenvalue weighted by Gasteiger charge is -2.19. The van der Waals surface area contributed by atoms with Crippen molar-refractivity contribution in [2.45, 2.75) is 32.5 Å². The summed E-state index contributed by atoms with van der Waals surface area (Å²) in [7, 11) is 0. The molecular formula is C15H16F3NO4. The van der Waals surface area contributed by atoms with Crippen LogP contribution in [0.5, 0.6) is 0 Å². The number of alkyl halides is 3. The van der Waals surface area contributed by atoms with Crippen molar-refractivity contribution in [2.24, 2.45) is 10.9 Å². The molecule has 126 valence electrons. The molecule has 0 saturated carbocycles. The standard InChI is InChI=1S/C15H16F3NO4/c1-3-9(2)23-14(22)11(13(20)21)12(15(16,17)18)19-10-7-5-4-6-8-10/h4-9,11H,3H2,1-2H3,(H,20,21). The van der Waals surface area contributed by atoms with E-state index in [4.69, 9.17) is 9.84 Å². The summed E-state index contributed by atoms with van der Waals surface area (Å²) in [4.78, 5) is 26.4. The Bertz CT molecular complexity index is 584. The molecule has 0 saturated heterocycles. The van der Waals surface area contributed by atoms with Crippen molar-refractivity contribution in [1.82, 2.24) is 0 Å². The van der Waals surface area contributed by atoms with Gasteiger partial charge < -0.3 is 9.84 Å². The largest absolute Gasteiger partial charge is 0.480 e. The fourth-order valence-electron chi connectivity index (χ4n) is 1.61. The van der Waals surface area contributed by atoms with Crippen molar-refractivity contribution < 1.29 is 32.6 Å². The van der Waals surface area contributed by atoms with Gasteiger partial charge in [-0.1, -0.05) is 25.1 Å². The number of benzene rings is 1.